The number of carbonyl (C=O) groups is 2. The van der Waals surface area contributed by atoms with Gasteiger partial charge in [-0.3, -0.25) is 14.2 Å². The summed E-state index contributed by atoms with van der Waals surface area (Å²) in [4.78, 5) is 46.5. The fraction of sp³-hybridized carbons (Fsp3) is 0.667. The van der Waals surface area contributed by atoms with E-state index in [4.69, 9.17) is 14.2 Å². The molecular weight excluding hydrogens is 360 g/mol. The number of carbonyl (C=O) groups excluding carboxylic acids is 2. The van der Waals surface area contributed by atoms with Gasteiger partial charge in [0.25, 0.3) is 0 Å². The molecule has 1 aromatic rings. The van der Waals surface area contributed by atoms with E-state index >= 15 is 0 Å². The summed E-state index contributed by atoms with van der Waals surface area (Å²) in [6.45, 7) is 8.40. The molecule has 26 heavy (non-hydrogen) atoms. The number of nitrogens with one attached hydrogen (secondary N) is 1. The zero-order valence-corrected chi connectivity index (χ0v) is 16.6. The van der Waals surface area contributed by atoms with Crippen LogP contribution in [0, 0.1) is 0 Å². The number of aromatic nitrogens is 3. The molecule has 0 aromatic carbocycles. The molecule has 1 N–H and O–H groups in total. The first-order valence-corrected chi connectivity index (χ1v) is 11.3. The summed E-state index contributed by atoms with van der Waals surface area (Å²) in [6, 6.07) is 0. The molecule has 11 heteroatoms. The summed E-state index contributed by atoms with van der Waals surface area (Å²) in [5.74, 6) is -0.853. The molecule has 144 valence electrons. The van der Waals surface area contributed by atoms with Gasteiger partial charge in [0, 0.05) is 13.8 Å². The standard InChI is InChI=1S/C15H24N4O6Si/c1-6-10-11(23-8(2)20)12(24-9(3)21)13(25-10)19-7-16-14(17-15(19)22)18-26(4)5/h7,10-13,26H,6H2,1-5H3,(H,17,18,22)/t10-,11+,12?,13-/m1/s1. The third-order valence-corrected chi connectivity index (χ3v) is 4.55. The maximum atomic E-state index is 12.4. The van der Waals surface area contributed by atoms with Crippen LogP contribution in [0.4, 0.5) is 5.95 Å². The molecule has 0 spiro atoms. The molecular formula is C15H24N4O6Si. The molecule has 4 atom stereocenters. The molecule has 0 bridgehead atoms. The molecule has 1 aliphatic heterocycles. The van der Waals surface area contributed by atoms with Crippen molar-refractivity contribution in [2.45, 2.75) is 64.8 Å². The largest absolute Gasteiger partial charge is 0.456 e. The average molecular weight is 384 g/mol. The Morgan fingerprint density at radius 1 is 1.27 bits per heavy atom. The summed E-state index contributed by atoms with van der Waals surface area (Å²) in [5, 5.41) is 0. The van der Waals surface area contributed by atoms with E-state index in [-0.39, 0.29) is 5.95 Å². The number of ether oxygens (including phenoxy) is 3. The predicted octanol–water partition coefficient (Wildman–Crippen LogP) is 0.204. The lowest BCUT2D eigenvalue weighted by Crippen LogP contribution is -2.41. The van der Waals surface area contributed by atoms with Crippen molar-refractivity contribution in [3.8, 4) is 0 Å². The third kappa shape index (κ3) is 4.67. The fourth-order valence-corrected chi connectivity index (χ4v) is 3.41. The Morgan fingerprint density at radius 3 is 2.38 bits per heavy atom. The second-order valence-electron chi connectivity index (χ2n) is 6.29. The van der Waals surface area contributed by atoms with Crippen LogP contribution in [-0.2, 0) is 23.8 Å². The zero-order chi connectivity index (χ0) is 19.4. The zero-order valence-electron chi connectivity index (χ0n) is 15.5. The van der Waals surface area contributed by atoms with Gasteiger partial charge in [0.15, 0.2) is 18.4 Å². The molecule has 0 radical (unpaired) electrons. The molecule has 1 unspecified atom stereocenters. The van der Waals surface area contributed by atoms with Gasteiger partial charge in [-0.1, -0.05) is 20.0 Å². The molecule has 0 saturated carbocycles. The number of hydrogen-bond donors (Lipinski definition) is 1. The average Bonchev–Trinajstić information content (AvgIpc) is 2.83. The van der Waals surface area contributed by atoms with Gasteiger partial charge in [-0.25, -0.2) is 9.78 Å². The van der Waals surface area contributed by atoms with Gasteiger partial charge in [0.2, 0.25) is 5.95 Å². The van der Waals surface area contributed by atoms with E-state index in [1.54, 1.807) is 0 Å². The highest BCUT2D eigenvalue weighted by Crippen LogP contribution is 2.34. The lowest BCUT2D eigenvalue weighted by Gasteiger charge is -2.23. The van der Waals surface area contributed by atoms with Crippen molar-refractivity contribution in [2.75, 3.05) is 4.98 Å². The summed E-state index contributed by atoms with van der Waals surface area (Å²) in [7, 11) is -1.22. The van der Waals surface area contributed by atoms with Crippen LogP contribution in [0.3, 0.4) is 0 Å². The first-order valence-electron chi connectivity index (χ1n) is 8.44. The second-order valence-corrected chi connectivity index (χ2v) is 8.89. The summed E-state index contributed by atoms with van der Waals surface area (Å²) >= 11 is 0. The molecule has 0 aliphatic carbocycles. The van der Waals surface area contributed by atoms with E-state index in [1.807, 2.05) is 20.0 Å². The number of anilines is 1. The predicted molar refractivity (Wildman–Crippen MR) is 94.1 cm³/mol. The van der Waals surface area contributed by atoms with Crippen molar-refractivity contribution in [1.29, 1.82) is 0 Å². The molecule has 1 fully saturated rings. The van der Waals surface area contributed by atoms with Gasteiger partial charge in [-0.15, -0.1) is 0 Å². The molecule has 1 aromatic heterocycles. The lowest BCUT2D eigenvalue weighted by molar-refractivity contribution is -0.165. The van der Waals surface area contributed by atoms with Gasteiger partial charge in [0.1, 0.15) is 21.4 Å². The van der Waals surface area contributed by atoms with Crippen LogP contribution in [0.5, 0.6) is 0 Å². The summed E-state index contributed by atoms with van der Waals surface area (Å²) in [5.41, 5.74) is -0.599. The SMILES string of the molecule is CC[C@H]1O[C@@H](n2cnc(N[SiH](C)C)nc2=O)C(OC(C)=O)[C@H]1OC(C)=O. The second kappa shape index (κ2) is 8.41. The first kappa shape index (κ1) is 20.0. The minimum Gasteiger partial charge on any atom is -0.456 e. The van der Waals surface area contributed by atoms with E-state index in [9.17, 15) is 14.4 Å². The Labute approximate surface area is 152 Å². The third-order valence-electron chi connectivity index (χ3n) is 3.71. The van der Waals surface area contributed by atoms with Crippen LogP contribution < -0.4 is 10.7 Å². The van der Waals surface area contributed by atoms with Crippen molar-refractivity contribution in [2.24, 2.45) is 0 Å². The van der Waals surface area contributed by atoms with E-state index in [0.717, 1.165) is 4.57 Å². The molecule has 1 saturated heterocycles. The van der Waals surface area contributed by atoms with Crippen LogP contribution in [0.2, 0.25) is 13.1 Å². The normalized spacial score (nSPS) is 25.2. The molecule has 2 rings (SSSR count). The van der Waals surface area contributed by atoms with Crippen molar-refractivity contribution >= 4 is 26.8 Å². The van der Waals surface area contributed by atoms with Crippen molar-refractivity contribution in [1.82, 2.24) is 14.5 Å². The highest BCUT2D eigenvalue weighted by molar-refractivity contribution is 6.59. The van der Waals surface area contributed by atoms with Gasteiger partial charge >= 0.3 is 17.6 Å². The number of esters is 2. The topological polar surface area (TPSA) is 122 Å². The summed E-state index contributed by atoms with van der Waals surface area (Å²) in [6.07, 6.45) is -1.51. The number of nitrogens with zero attached hydrogens (tertiary/aromatic N) is 3. The van der Waals surface area contributed by atoms with Crippen molar-refractivity contribution in [3.63, 3.8) is 0 Å². The Balaban J connectivity index is 2.37. The Hall–Kier alpha value is -2.27. The molecule has 0 amide bonds. The number of hydrogen-bond acceptors (Lipinski definition) is 9. The highest BCUT2D eigenvalue weighted by atomic mass is 28.3. The van der Waals surface area contributed by atoms with Gasteiger partial charge in [0.05, 0.1) is 0 Å². The monoisotopic (exact) mass is 384 g/mol. The van der Waals surface area contributed by atoms with E-state index < -0.39 is 51.1 Å². The minimum absolute atomic E-state index is 0.249. The van der Waals surface area contributed by atoms with Crippen molar-refractivity contribution in [3.05, 3.63) is 16.8 Å². The highest BCUT2D eigenvalue weighted by Gasteiger charge is 2.49. The van der Waals surface area contributed by atoms with Crippen LogP contribution in [0.15, 0.2) is 11.1 Å². The molecule has 10 nitrogen and oxygen atoms in total. The minimum atomic E-state index is -1.22. The van der Waals surface area contributed by atoms with E-state index in [1.165, 1.54) is 20.2 Å². The molecule has 2 heterocycles. The van der Waals surface area contributed by atoms with E-state index in [0.29, 0.717) is 6.42 Å². The van der Waals surface area contributed by atoms with Crippen LogP contribution in [0.1, 0.15) is 33.4 Å². The van der Waals surface area contributed by atoms with Crippen LogP contribution in [-0.4, -0.2) is 53.7 Å². The smallest absolute Gasteiger partial charge is 0.354 e. The Kier molecular flexibility index (Phi) is 6.48. The maximum Gasteiger partial charge on any atom is 0.354 e. The first-order chi connectivity index (χ1) is 12.2. The quantitative estimate of drug-likeness (QED) is 0.541. The van der Waals surface area contributed by atoms with E-state index in [2.05, 4.69) is 15.0 Å². The number of rotatable bonds is 6. The van der Waals surface area contributed by atoms with Gasteiger partial charge in [-0.05, 0) is 6.42 Å². The lowest BCUT2D eigenvalue weighted by atomic mass is 10.1. The maximum absolute atomic E-state index is 12.4. The van der Waals surface area contributed by atoms with Gasteiger partial charge in [-0.2, -0.15) is 4.98 Å². The molecule has 1 aliphatic rings. The fourth-order valence-electron chi connectivity index (χ4n) is 2.76. The van der Waals surface area contributed by atoms with Crippen molar-refractivity contribution < 1.29 is 23.8 Å². The Bertz CT molecular complexity index is 724. The van der Waals surface area contributed by atoms with Crippen LogP contribution >= 0.6 is 0 Å². The van der Waals surface area contributed by atoms with Gasteiger partial charge < -0.3 is 19.2 Å². The Morgan fingerprint density at radius 2 is 1.88 bits per heavy atom. The summed E-state index contributed by atoms with van der Waals surface area (Å²) < 4.78 is 17.6. The van der Waals surface area contributed by atoms with Crippen LogP contribution in [0.25, 0.3) is 0 Å².